The summed E-state index contributed by atoms with van der Waals surface area (Å²) in [6, 6.07) is 5.00. The molecular formula is C16H20ClN5O2. The zero-order valence-electron chi connectivity index (χ0n) is 13.4. The number of aromatic nitrogens is 3. The van der Waals surface area contributed by atoms with Crippen LogP contribution >= 0.6 is 11.6 Å². The highest BCUT2D eigenvalue weighted by Crippen LogP contribution is 2.14. The minimum Gasteiger partial charge on any atom is -0.374 e. The Labute approximate surface area is 145 Å². The average molecular weight is 350 g/mol. The largest absolute Gasteiger partial charge is 0.374 e. The van der Waals surface area contributed by atoms with Crippen molar-refractivity contribution in [1.29, 1.82) is 0 Å². The van der Waals surface area contributed by atoms with Gasteiger partial charge in [0.2, 0.25) is 5.91 Å². The molecule has 3 heterocycles. The molecule has 0 aromatic carbocycles. The Hall–Kier alpha value is -1.96. The molecule has 24 heavy (non-hydrogen) atoms. The number of halogens is 1. The smallest absolute Gasteiger partial charge is 0.242 e. The maximum Gasteiger partial charge on any atom is 0.242 e. The van der Waals surface area contributed by atoms with Crippen molar-refractivity contribution in [3.8, 4) is 0 Å². The lowest BCUT2D eigenvalue weighted by atomic mass is 10.2. The first-order valence-electron chi connectivity index (χ1n) is 7.87. The van der Waals surface area contributed by atoms with E-state index in [-0.39, 0.29) is 18.1 Å². The SMILES string of the molecule is CC(C(=O)Nc1ccc(Cl)cn1)N1CCOC(Cn2cccn2)C1. The monoisotopic (exact) mass is 349 g/mol. The quantitative estimate of drug-likeness (QED) is 0.888. The van der Waals surface area contributed by atoms with E-state index in [1.54, 1.807) is 18.3 Å². The van der Waals surface area contributed by atoms with Gasteiger partial charge in [0.05, 0.1) is 30.3 Å². The molecule has 1 saturated heterocycles. The van der Waals surface area contributed by atoms with Crippen molar-refractivity contribution in [2.45, 2.75) is 25.6 Å². The third-order valence-corrected chi connectivity index (χ3v) is 4.25. The van der Waals surface area contributed by atoms with Crippen LogP contribution in [0.3, 0.4) is 0 Å². The van der Waals surface area contributed by atoms with E-state index in [1.165, 1.54) is 6.20 Å². The van der Waals surface area contributed by atoms with Gasteiger partial charge in [-0.1, -0.05) is 11.6 Å². The molecule has 0 spiro atoms. The molecule has 1 N–H and O–H groups in total. The summed E-state index contributed by atoms with van der Waals surface area (Å²) in [5.41, 5.74) is 0. The maximum absolute atomic E-state index is 12.4. The summed E-state index contributed by atoms with van der Waals surface area (Å²) < 4.78 is 7.63. The lowest BCUT2D eigenvalue weighted by Gasteiger charge is -2.36. The zero-order valence-corrected chi connectivity index (χ0v) is 14.2. The fourth-order valence-electron chi connectivity index (χ4n) is 2.67. The summed E-state index contributed by atoms with van der Waals surface area (Å²) in [5.74, 6) is 0.405. The van der Waals surface area contributed by atoms with Gasteiger partial charge in [-0.25, -0.2) is 4.98 Å². The van der Waals surface area contributed by atoms with Crippen molar-refractivity contribution in [2.75, 3.05) is 25.0 Å². The number of amides is 1. The van der Waals surface area contributed by atoms with Crippen molar-refractivity contribution in [2.24, 2.45) is 0 Å². The molecule has 1 aliphatic heterocycles. The maximum atomic E-state index is 12.4. The highest BCUT2D eigenvalue weighted by atomic mass is 35.5. The van der Waals surface area contributed by atoms with Crippen molar-refractivity contribution >= 4 is 23.3 Å². The third-order valence-electron chi connectivity index (χ3n) is 4.03. The highest BCUT2D eigenvalue weighted by Gasteiger charge is 2.28. The second-order valence-corrected chi connectivity index (χ2v) is 6.18. The molecule has 2 aromatic heterocycles. The highest BCUT2D eigenvalue weighted by molar-refractivity contribution is 6.30. The van der Waals surface area contributed by atoms with E-state index in [9.17, 15) is 4.79 Å². The Kier molecular flexibility index (Phi) is 5.44. The van der Waals surface area contributed by atoms with Crippen molar-refractivity contribution in [3.63, 3.8) is 0 Å². The second kappa shape index (κ2) is 7.74. The van der Waals surface area contributed by atoms with Crippen LogP contribution in [0.15, 0.2) is 36.8 Å². The predicted octanol–water partition coefficient (Wildman–Crippen LogP) is 1.66. The van der Waals surface area contributed by atoms with E-state index in [2.05, 4.69) is 20.3 Å². The Morgan fingerprint density at radius 2 is 2.42 bits per heavy atom. The molecule has 7 nitrogen and oxygen atoms in total. The van der Waals surface area contributed by atoms with Gasteiger partial charge in [0, 0.05) is 31.7 Å². The molecule has 8 heteroatoms. The molecule has 0 aliphatic carbocycles. The average Bonchev–Trinajstić information content (AvgIpc) is 3.09. The van der Waals surface area contributed by atoms with Crippen molar-refractivity contribution in [3.05, 3.63) is 41.8 Å². The van der Waals surface area contributed by atoms with Gasteiger partial charge in [0.1, 0.15) is 5.82 Å². The third kappa shape index (κ3) is 4.31. The first kappa shape index (κ1) is 16.9. The second-order valence-electron chi connectivity index (χ2n) is 5.74. The fraction of sp³-hybridized carbons (Fsp3) is 0.438. The normalized spacial score (nSPS) is 19.8. The number of nitrogens with zero attached hydrogens (tertiary/aromatic N) is 4. The number of nitrogens with one attached hydrogen (secondary N) is 1. The number of anilines is 1. The summed E-state index contributed by atoms with van der Waals surface area (Å²) in [6.45, 7) is 4.57. The van der Waals surface area contributed by atoms with E-state index in [4.69, 9.17) is 16.3 Å². The summed E-state index contributed by atoms with van der Waals surface area (Å²) in [4.78, 5) is 18.6. The van der Waals surface area contributed by atoms with Gasteiger partial charge in [0.15, 0.2) is 0 Å². The number of morpholine rings is 1. The van der Waals surface area contributed by atoms with Crippen LogP contribution in [-0.4, -0.2) is 57.4 Å². The first-order chi connectivity index (χ1) is 11.6. The van der Waals surface area contributed by atoms with Crippen molar-refractivity contribution in [1.82, 2.24) is 19.7 Å². The van der Waals surface area contributed by atoms with Gasteiger partial charge < -0.3 is 10.1 Å². The minimum absolute atomic E-state index is 0.0163. The number of rotatable bonds is 5. The summed E-state index contributed by atoms with van der Waals surface area (Å²) in [5, 5.41) is 7.55. The zero-order chi connectivity index (χ0) is 16.9. The summed E-state index contributed by atoms with van der Waals surface area (Å²) in [6.07, 6.45) is 5.18. The van der Waals surface area contributed by atoms with Crippen LogP contribution in [0.5, 0.6) is 0 Å². The number of ether oxygens (including phenoxy) is 1. The fourth-order valence-corrected chi connectivity index (χ4v) is 2.78. The topological polar surface area (TPSA) is 72.3 Å². The predicted molar refractivity (Wildman–Crippen MR) is 90.9 cm³/mol. The van der Waals surface area contributed by atoms with Crippen LogP contribution in [0, 0.1) is 0 Å². The molecule has 0 saturated carbocycles. The van der Waals surface area contributed by atoms with Gasteiger partial charge in [-0.2, -0.15) is 5.10 Å². The van der Waals surface area contributed by atoms with Gasteiger partial charge in [0.25, 0.3) is 0 Å². The first-order valence-corrected chi connectivity index (χ1v) is 8.25. The van der Waals surface area contributed by atoms with Crippen LogP contribution in [0.2, 0.25) is 5.02 Å². The molecule has 1 aliphatic rings. The Bertz CT molecular complexity index is 662. The lowest BCUT2D eigenvalue weighted by Crippen LogP contribution is -2.51. The molecule has 0 bridgehead atoms. The number of hydrogen-bond acceptors (Lipinski definition) is 5. The number of carbonyl (C=O) groups excluding carboxylic acids is 1. The number of pyridine rings is 1. The molecule has 128 valence electrons. The number of hydrogen-bond donors (Lipinski definition) is 1. The number of carbonyl (C=O) groups is 1. The standard InChI is InChI=1S/C16H20ClN5O2/c1-12(16(23)20-15-4-3-13(17)9-18-15)21-7-8-24-14(10-21)11-22-6-2-5-19-22/h2-6,9,12,14H,7-8,10-11H2,1H3,(H,18,20,23). The van der Waals surface area contributed by atoms with Gasteiger partial charge in [-0.15, -0.1) is 0 Å². The van der Waals surface area contributed by atoms with Crippen LogP contribution in [0.25, 0.3) is 0 Å². The summed E-state index contributed by atoms with van der Waals surface area (Å²) >= 11 is 5.80. The van der Waals surface area contributed by atoms with Crippen LogP contribution in [-0.2, 0) is 16.1 Å². The van der Waals surface area contributed by atoms with Crippen LogP contribution in [0.1, 0.15) is 6.92 Å². The van der Waals surface area contributed by atoms with Gasteiger partial charge in [-0.05, 0) is 25.1 Å². The molecule has 2 atom stereocenters. The molecule has 2 aromatic rings. The van der Waals surface area contributed by atoms with E-state index in [0.29, 0.717) is 30.5 Å². The van der Waals surface area contributed by atoms with E-state index in [0.717, 1.165) is 6.54 Å². The van der Waals surface area contributed by atoms with Crippen LogP contribution < -0.4 is 5.32 Å². The van der Waals surface area contributed by atoms with E-state index in [1.807, 2.05) is 23.9 Å². The minimum atomic E-state index is -0.272. The van der Waals surface area contributed by atoms with Crippen LogP contribution in [0.4, 0.5) is 5.82 Å². The Morgan fingerprint density at radius 1 is 1.54 bits per heavy atom. The molecule has 1 amide bonds. The molecule has 2 unspecified atom stereocenters. The van der Waals surface area contributed by atoms with E-state index >= 15 is 0 Å². The van der Waals surface area contributed by atoms with Crippen molar-refractivity contribution < 1.29 is 9.53 Å². The molecular weight excluding hydrogens is 330 g/mol. The Balaban J connectivity index is 1.56. The molecule has 0 radical (unpaired) electrons. The molecule has 1 fully saturated rings. The van der Waals surface area contributed by atoms with Gasteiger partial charge in [-0.3, -0.25) is 14.4 Å². The van der Waals surface area contributed by atoms with E-state index < -0.39 is 0 Å². The Morgan fingerprint density at radius 3 is 3.12 bits per heavy atom. The summed E-state index contributed by atoms with van der Waals surface area (Å²) in [7, 11) is 0. The van der Waals surface area contributed by atoms with Gasteiger partial charge >= 0.3 is 0 Å². The molecule has 3 rings (SSSR count). The lowest BCUT2D eigenvalue weighted by molar-refractivity contribution is -0.124.